The van der Waals surface area contributed by atoms with E-state index < -0.39 is 22.8 Å². The molecule has 1 fully saturated rings. The van der Waals surface area contributed by atoms with Crippen LogP contribution in [0.15, 0.2) is 17.1 Å². The quantitative estimate of drug-likeness (QED) is 0.764. The molecule has 3 rings (SSSR count). The average Bonchev–Trinajstić information content (AvgIpc) is 2.68. The molecule has 0 spiro atoms. The van der Waals surface area contributed by atoms with E-state index in [0.717, 1.165) is 6.07 Å². The molecule has 2 aromatic rings. The number of morpholine rings is 1. The van der Waals surface area contributed by atoms with Gasteiger partial charge in [-0.05, 0) is 20.0 Å². The number of carboxylic acids is 1. The minimum atomic E-state index is -1.35. The van der Waals surface area contributed by atoms with Gasteiger partial charge in [-0.2, -0.15) is 0 Å². The molecule has 1 aromatic carbocycles. The highest BCUT2D eigenvalue weighted by Gasteiger charge is 2.28. The van der Waals surface area contributed by atoms with Crippen LogP contribution in [0.3, 0.4) is 0 Å². The zero-order chi connectivity index (χ0) is 20.4. The lowest BCUT2D eigenvalue weighted by atomic mass is 10.1. The fraction of sp³-hybridized carbons (Fsp3) is 0.474. The van der Waals surface area contributed by atoms with Crippen molar-refractivity contribution < 1.29 is 23.8 Å². The summed E-state index contributed by atoms with van der Waals surface area (Å²) in [5.41, 5.74) is -0.493. The van der Waals surface area contributed by atoms with Gasteiger partial charge in [-0.3, -0.25) is 4.79 Å². The average molecular weight is 393 g/mol. The zero-order valence-electron chi connectivity index (χ0n) is 16.1. The second-order valence-corrected chi connectivity index (χ2v) is 6.60. The van der Waals surface area contributed by atoms with E-state index in [4.69, 9.17) is 9.47 Å². The molecule has 2 N–H and O–H groups in total. The van der Waals surface area contributed by atoms with Crippen molar-refractivity contribution in [2.24, 2.45) is 0 Å². The fourth-order valence-corrected chi connectivity index (χ4v) is 3.65. The predicted molar refractivity (Wildman–Crippen MR) is 103 cm³/mol. The minimum absolute atomic E-state index is 0.0140. The van der Waals surface area contributed by atoms with Gasteiger partial charge in [0, 0.05) is 32.4 Å². The van der Waals surface area contributed by atoms with Crippen LogP contribution in [0.4, 0.5) is 10.1 Å². The number of anilines is 1. The number of nitrogens with zero attached hydrogens (tertiary/aromatic N) is 2. The van der Waals surface area contributed by atoms with Gasteiger partial charge in [-0.15, -0.1) is 0 Å². The molecule has 0 radical (unpaired) electrons. The molecule has 1 saturated heterocycles. The minimum Gasteiger partial charge on any atom is -0.492 e. The van der Waals surface area contributed by atoms with Crippen LogP contribution in [0.2, 0.25) is 0 Å². The number of fused-ring (bicyclic) bond motifs is 1. The number of aromatic nitrogens is 1. The van der Waals surface area contributed by atoms with Crippen LogP contribution in [-0.2, 0) is 11.3 Å². The molecule has 8 nitrogen and oxygen atoms in total. The van der Waals surface area contributed by atoms with Gasteiger partial charge in [0.25, 0.3) is 0 Å². The Labute approximate surface area is 161 Å². The third-order valence-electron chi connectivity index (χ3n) is 4.91. The van der Waals surface area contributed by atoms with Gasteiger partial charge in [0.05, 0.1) is 30.7 Å². The first-order valence-corrected chi connectivity index (χ1v) is 9.10. The molecule has 0 amide bonds. The van der Waals surface area contributed by atoms with Crippen LogP contribution in [0.25, 0.3) is 10.9 Å². The van der Waals surface area contributed by atoms with E-state index in [9.17, 15) is 14.7 Å². The summed E-state index contributed by atoms with van der Waals surface area (Å²) in [5, 5.41) is 12.3. The van der Waals surface area contributed by atoms with Crippen molar-refractivity contribution in [3.63, 3.8) is 0 Å². The van der Waals surface area contributed by atoms with Crippen LogP contribution in [0.5, 0.6) is 5.75 Å². The number of halogens is 1. The van der Waals surface area contributed by atoms with E-state index >= 15 is 4.39 Å². The van der Waals surface area contributed by atoms with E-state index in [2.05, 4.69) is 5.32 Å². The largest absolute Gasteiger partial charge is 0.492 e. The summed E-state index contributed by atoms with van der Waals surface area (Å²) in [6.45, 7) is 4.20. The molecule has 0 bridgehead atoms. The van der Waals surface area contributed by atoms with Crippen LogP contribution in [0.1, 0.15) is 17.3 Å². The number of methoxy groups -OCH3 is 1. The Kier molecular flexibility index (Phi) is 5.85. The number of carbonyl (C=O) groups is 1. The first kappa shape index (κ1) is 20.1. The summed E-state index contributed by atoms with van der Waals surface area (Å²) in [4.78, 5) is 25.9. The van der Waals surface area contributed by atoms with Gasteiger partial charge >= 0.3 is 5.97 Å². The Morgan fingerprint density at radius 3 is 2.86 bits per heavy atom. The van der Waals surface area contributed by atoms with Crippen molar-refractivity contribution in [1.82, 2.24) is 9.88 Å². The van der Waals surface area contributed by atoms with Crippen molar-refractivity contribution in [3.05, 3.63) is 33.9 Å². The monoisotopic (exact) mass is 393 g/mol. The third kappa shape index (κ3) is 3.43. The molecule has 1 aliphatic heterocycles. The highest BCUT2D eigenvalue weighted by atomic mass is 19.1. The summed E-state index contributed by atoms with van der Waals surface area (Å²) >= 11 is 0. The lowest BCUT2D eigenvalue weighted by Gasteiger charge is -2.35. The lowest BCUT2D eigenvalue weighted by Crippen LogP contribution is -2.46. The number of ether oxygens (including phenoxy) is 2. The van der Waals surface area contributed by atoms with E-state index in [-0.39, 0.29) is 22.9 Å². The Morgan fingerprint density at radius 1 is 1.50 bits per heavy atom. The van der Waals surface area contributed by atoms with Gasteiger partial charge in [-0.1, -0.05) is 0 Å². The number of nitrogens with one attached hydrogen (secondary N) is 1. The number of rotatable bonds is 6. The number of hydrogen-bond acceptors (Lipinski definition) is 6. The van der Waals surface area contributed by atoms with Gasteiger partial charge in [0.2, 0.25) is 5.43 Å². The van der Waals surface area contributed by atoms with Crippen molar-refractivity contribution in [1.29, 1.82) is 0 Å². The van der Waals surface area contributed by atoms with Gasteiger partial charge in [0.1, 0.15) is 11.3 Å². The number of likely N-dealkylation sites (N-methyl/N-ethyl adjacent to an activating group) is 1. The maximum atomic E-state index is 15.1. The van der Waals surface area contributed by atoms with Crippen molar-refractivity contribution >= 4 is 22.6 Å². The number of pyridine rings is 1. The predicted octanol–water partition coefficient (Wildman–Crippen LogP) is 1.29. The lowest BCUT2D eigenvalue weighted by molar-refractivity contribution is 0.0418. The summed E-state index contributed by atoms with van der Waals surface area (Å²) in [6, 6.07) is 1.11. The van der Waals surface area contributed by atoms with Crippen LogP contribution in [-0.4, -0.2) is 62.1 Å². The molecule has 1 aliphatic rings. The Bertz CT molecular complexity index is 957. The summed E-state index contributed by atoms with van der Waals surface area (Å²) in [5.74, 6) is -1.76. The molecule has 1 aromatic heterocycles. The SMILES string of the molecule is CCn1cc(C(=O)O)c(=O)c2cc(F)c(N3CCOC(CNC)C3)c(OC)c21. The molecule has 1 atom stereocenters. The fourth-order valence-electron chi connectivity index (χ4n) is 3.65. The first-order chi connectivity index (χ1) is 13.4. The summed E-state index contributed by atoms with van der Waals surface area (Å²) in [6.07, 6.45) is 1.17. The van der Waals surface area contributed by atoms with E-state index in [1.807, 2.05) is 18.9 Å². The molecular formula is C19H24FN3O5. The Balaban J connectivity index is 2.25. The topological polar surface area (TPSA) is 93.0 Å². The van der Waals surface area contributed by atoms with Crippen LogP contribution >= 0.6 is 0 Å². The molecule has 2 heterocycles. The van der Waals surface area contributed by atoms with Gasteiger partial charge in [-0.25, -0.2) is 9.18 Å². The van der Waals surface area contributed by atoms with Gasteiger partial charge in [0.15, 0.2) is 11.6 Å². The van der Waals surface area contributed by atoms with Crippen molar-refractivity contribution in [3.8, 4) is 5.75 Å². The normalized spacial score (nSPS) is 17.1. The second-order valence-electron chi connectivity index (χ2n) is 6.60. The van der Waals surface area contributed by atoms with Crippen LogP contribution < -0.4 is 20.4 Å². The number of aromatic carboxylic acids is 1. The number of benzene rings is 1. The molecule has 9 heteroatoms. The van der Waals surface area contributed by atoms with Crippen LogP contribution in [0, 0.1) is 5.82 Å². The second kappa shape index (κ2) is 8.15. The third-order valence-corrected chi connectivity index (χ3v) is 4.91. The highest BCUT2D eigenvalue weighted by Crippen LogP contribution is 2.38. The molecule has 1 unspecified atom stereocenters. The maximum Gasteiger partial charge on any atom is 0.341 e. The summed E-state index contributed by atoms with van der Waals surface area (Å²) < 4.78 is 28.0. The highest BCUT2D eigenvalue weighted by molar-refractivity contribution is 5.97. The Hall–Kier alpha value is -2.65. The van der Waals surface area contributed by atoms with Crippen molar-refractivity contribution in [2.75, 3.05) is 45.3 Å². The van der Waals surface area contributed by atoms with Gasteiger partial charge < -0.3 is 29.4 Å². The molecule has 152 valence electrons. The number of aryl methyl sites for hydroxylation is 1. The Morgan fingerprint density at radius 2 is 2.25 bits per heavy atom. The standard InChI is InChI=1S/C19H24FN3O5/c1-4-22-10-13(19(25)26)17(24)12-7-14(20)16(18(27-3)15(12)22)23-5-6-28-11(9-23)8-21-2/h7,10-11,21H,4-6,8-9H2,1-3H3,(H,25,26). The maximum absolute atomic E-state index is 15.1. The number of hydrogen-bond donors (Lipinski definition) is 2. The first-order valence-electron chi connectivity index (χ1n) is 9.10. The zero-order valence-corrected chi connectivity index (χ0v) is 16.1. The van der Waals surface area contributed by atoms with Crippen molar-refractivity contribution in [2.45, 2.75) is 19.6 Å². The molecule has 0 saturated carbocycles. The van der Waals surface area contributed by atoms with E-state index in [1.54, 1.807) is 4.57 Å². The molecule has 0 aliphatic carbocycles. The molecular weight excluding hydrogens is 369 g/mol. The van der Waals surface area contributed by atoms with E-state index in [0.29, 0.717) is 38.3 Å². The smallest absolute Gasteiger partial charge is 0.341 e. The van der Waals surface area contributed by atoms with E-state index in [1.165, 1.54) is 13.3 Å². The summed E-state index contributed by atoms with van der Waals surface area (Å²) in [7, 11) is 3.23. The molecule has 28 heavy (non-hydrogen) atoms. The number of carboxylic acid groups (broad SMARTS) is 1.